The number of rotatable bonds is 2. The third-order valence-electron chi connectivity index (χ3n) is 3.33. The van der Waals surface area contributed by atoms with Gasteiger partial charge in [0.2, 0.25) is 0 Å². The minimum atomic E-state index is -0.344. The standard InChI is InChI=1S/C14H13ClFN3/c1-7-12(10-6-9(16)4-5-11(10)15)18-14(8-2-3-8)19-13(7)17/h4-6,8H,2-3H2,1H3,(H2,17,18,19). The summed E-state index contributed by atoms with van der Waals surface area (Å²) >= 11 is 6.13. The van der Waals surface area contributed by atoms with E-state index in [1.54, 1.807) is 0 Å². The highest BCUT2D eigenvalue weighted by atomic mass is 35.5. The van der Waals surface area contributed by atoms with Crippen molar-refractivity contribution < 1.29 is 4.39 Å². The molecule has 1 fully saturated rings. The molecular formula is C14H13ClFN3. The van der Waals surface area contributed by atoms with Crippen LogP contribution >= 0.6 is 11.6 Å². The number of nitrogens with zero attached hydrogens (tertiary/aromatic N) is 2. The second-order valence-electron chi connectivity index (χ2n) is 4.84. The van der Waals surface area contributed by atoms with Crippen LogP contribution in [0.2, 0.25) is 5.02 Å². The predicted octanol–water partition coefficient (Wildman–Crippen LogP) is 3.70. The number of halogens is 2. The van der Waals surface area contributed by atoms with Crippen LogP contribution in [0.25, 0.3) is 11.3 Å². The molecule has 19 heavy (non-hydrogen) atoms. The van der Waals surface area contributed by atoms with E-state index in [4.69, 9.17) is 17.3 Å². The number of aromatic nitrogens is 2. The zero-order valence-electron chi connectivity index (χ0n) is 10.5. The molecule has 1 aromatic heterocycles. The summed E-state index contributed by atoms with van der Waals surface area (Å²) in [4.78, 5) is 8.83. The largest absolute Gasteiger partial charge is 0.383 e. The Morgan fingerprint density at radius 3 is 2.74 bits per heavy atom. The van der Waals surface area contributed by atoms with Crippen molar-refractivity contribution in [3.05, 3.63) is 40.4 Å². The van der Waals surface area contributed by atoms with Gasteiger partial charge in [0.1, 0.15) is 17.5 Å². The summed E-state index contributed by atoms with van der Waals surface area (Å²) in [6.45, 7) is 1.82. The van der Waals surface area contributed by atoms with Crippen molar-refractivity contribution in [3.8, 4) is 11.3 Å². The molecule has 0 bridgehead atoms. The second kappa shape index (κ2) is 4.46. The fourth-order valence-corrected chi connectivity index (χ4v) is 2.22. The van der Waals surface area contributed by atoms with E-state index in [2.05, 4.69) is 9.97 Å². The van der Waals surface area contributed by atoms with Crippen LogP contribution in [0.3, 0.4) is 0 Å². The summed E-state index contributed by atoms with van der Waals surface area (Å²) in [5.74, 6) is 1.21. The Balaban J connectivity index is 2.20. The predicted molar refractivity (Wildman–Crippen MR) is 73.6 cm³/mol. The van der Waals surface area contributed by atoms with E-state index in [1.807, 2.05) is 6.92 Å². The van der Waals surface area contributed by atoms with Gasteiger partial charge in [0.15, 0.2) is 0 Å². The average Bonchev–Trinajstić information content (AvgIpc) is 3.20. The van der Waals surface area contributed by atoms with Crippen LogP contribution < -0.4 is 5.73 Å². The first-order valence-corrected chi connectivity index (χ1v) is 6.53. The van der Waals surface area contributed by atoms with Crippen LogP contribution in [0.1, 0.15) is 30.1 Å². The Hall–Kier alpha value is -1.68. The van der Waals surface area contributed by atoms with Gasteiger partial charge in [0, 0.05) is 17.0 Å². The molecule has 0 atom stereocenters. The molecule has 98 valence electrons. The fraction of sp³-hybridized carbons (Fsp3) is 0.286. The van der Waals surface area contributed by atoms with Crippen molar-refractivity contribution >= 4 is 17.4 Å². The van der Waals surface area contributed by atoms with Crippen molar-refractivity contribution in [1.82, 2.24) is 9.97 Å². The summed E-state index contributed by atoms with van der Waals surface area (Å²) in [5, 5.41) is 0.462. The van der Waals surface area contributed by atoms with Gasteiger partial charge in [0.05, 0.1) is 10.7 Å². The highest BCUT2D eigenvalue weighted by Gasteiger charge is 2.28. The van der Waals surface area contributed by atoms with E-state index in [-0.39, 0.29) is 5.82 Å². The SMILES string of the molecule is Cc1c(N)nc(C2CC2)nc1-c1cc(F)ccc1Cl. The lowest BCUT2D eigenvalue weighted by atomic mass is 10.1. The summed E-state index contributed by atoms with van der Waals surface area (Å²) in [6.07, 6.45) is 2.16. The van der Waals surface area contributed by atoms with Gasteiger partial charge >= 0.3 is 0 Å². The molecule has 0 radical (unpaired) electrons. The van der Waals surface area contributed by atoms with Gasteiger partial charge in [0.25, 0.3) is 0 Å². The molecule has 0 saturated heterocycles. The summed E-state index contributed by atoms with van der Waals surface area (Å²) in [6, 6.07) is 4.24. The molecule has 1 heterocycles. The molecule has 0 unspecified atom stereocenters. The molecule has 1 aliphatic rings. The lowest BCUT2D eigenvalue weighted by molar-refractivity contribution is 0.628. The van der Waals surface area contributed by atoms with Crippen LogP contribution in [-0.4, -0.2) is 9.97 Å². The van der Waals surface area contributed by atoms with Crippen LogP contribution in [0.5, 0.6) is 0 Å². The molecule has 1 aromatic carbocycles. The van der Waals surface area contributed by atoms with Crippen LogP contribution in [0.4, 0.5) is 10.2 Å². The summed E-state index contributed by atoms with van der Waals surface area (Å²) < 4.78 is 13.4. The maximum Gasteiger partial charge on any atom is 0.134 e. The highest BCUT2D eigenvalue weighted by molar-refractivity contribution is 6.33. The second-order valence-corrected chi connectivity index (χ2v) is 5.25. The number of nitrogens with two attached hydrogens (primary N) is 1. The first-order chi connectivity index (χ1) is 9.06. The lowest BCUT2D eigenvalue weighted by Gasteiger charge is -2.11. The van der Waals surface area contributed by atoms with E-state index in [0.717, 1.165) is 24.2 Å². The Kier molecular flexibility index (Phi) is 2.90. The minimum absolute atomic E-state index is 0.344. The van der Waals surface area contributed by atoms with E-state index in [0.29, 0.717) is 28.0 Å². The fourth-order valence-electron chi connectivity index (χ4n) is 2.02. The number of hydrogen-bond donors (Lipinski definition) is 1. The molecule has 3 nitrogen and oxygen atoms in total. The Morgan fingerprint density at radius 1 is 1.32 bits per heavy atom. The topological polar surface area (TPSA) is 51.8 Å². The molecule has 2 aromatic rings. The first-order valence-electron chi connectivity index (χ1n) is 6.15. The van der Waals surface area contributed by atoms with E-state index in [1.165, 1.54) is 18.2 Å². The smallest absolute Gasteiger partial charge is 0.134 e. The van der Waals surface area contributed by atoms with Gasteiger partial charge in [-0.3, -0.25) is 0 Å². The first kappa shape index (κ1) is 12.4. The maximum atomic E-state index is 13.4. The van der Waals surface area contributed by atoms with Crippen molar-refractivity contribution in [1.29, 1.82) is 0 Å². The normalized spacial score (nSPS) is 14.7. The van der Waals surface area contributed by atoms with Crippen molar-refractivity contribution in [2.45, 2.75) is 25.7 Å². The van der Waals surface area contributed by atoms with E-state index >= 15 is 0 Å². The molecule has 0 aliphatic heterocycles. The average molecular weight is 278 g/mol. The molecule has 1 saturated carbocycles. The van der Waals surface area contributed by atoms with Crippen LogP contribution in [-0.2, 0) is 0 Å². The molecule has 2 N–H and O–H groups in total. The Morgan fingerprint density at radius 2 is 2.05 bits per heavy atom. The van der Waals surface area contributed by atoms with Gasteiger partial charge in [-0.1, -0.05) is 11.6 Å². The summed E-state index contributed by atoms with van der Waals surface area (Å²) in [5.41, 5.74) is 7.85. The summed E-state index contributed by atoms with van der Waals surface area (Å²) in [7, 11) is 0. The van der Waals surface area contributed by atoms with Gasteiger partial charge < -0.3 is 5.73 Å². The number of hydrogen-bond acceptors (Lipinski definition) is 3. The lowest BCUT2D eigenvalue weighted by Crippen LogP contribution is -2.04. The molecule has 5 heteroatoms. The molecule has 0 spiro atoms. The van der Waals surface area contributed by atoms with Gasteiger partial charge in [-0.05, 0) is 38.0 Å². The number of nitrogen functional groups attached to an aromatic ring is 1. The van der Waals surface area contributed by atoms with Crippen LogP contribution in [0, 0.1) is 12.7 Å². The number of benzene rings is 1. The molecule has 0 amide bonds. The quantitative estimate of drug-likeness (QED) is 0.910. The minimum Gasteiger partial charge on any atom is -0.383 e. The van der Waals surface area contributed by atoms with Gasteiger partial charge in [-0.15, -0.1) is 0 Å². The van der Waals surface area contributed by atoms with Crippen molar-refractivity contribution in [3.63, 3.8) is 0 Å². The zero-order valence-corrected chi connectivity index (χ0v) is 11.2. The van der Waals surface area contributed by atoms with Crippen molar-refractivity contribution in [2.24, 2.45) is 0 Å². The maximum absolute atomic E-state index is 13.4. The third kappa shape index (κ3) is 2.28. The van der Waals surface area contributed by atoms with Gasteiger partial charge in [-0.25, -0.2) is 14.4 Å². The monoisotopic (exact) mass is 277 g/mol. The molecule has 1 aliphatic carbocycles. The van der Waals surface area contributed by atoms with E-state index < -0.39 is 0 Å². The van der Waals surface area contributed by atoms with Crippen LogP contribution in [0.15, 0.2) is 18.2 Å². The zero-order chi connectivity index (χ0) is 13.6. The van der Waals surface area contributed by atoms with E-state index in [9.17, 15) is 4.39 Å². The molecular weight excluding hydrogens is 265 g/mol. The highest BCUT2D eigenvalue weighted by Crippen LogP contribution is 2.40. The Bertz CT molecular complexity index is 653. The third-order valence-corrected chi connectivity index (χ3v) is 3.66. The van der Waals surface area contributed by atoms with Crippen molar-refractivity contribution in [2.75, 3.05) is 5.73 Å². The van der Waals surface area contributed by atoms with Gasteiger partial charge in [-0.2, -0.15) is 0 Å². The number of anilines is 1. The molecule has 3 rings (SSSR count). The Labute approximate surface area is 115 Å².